The van der Waals surface area contributed by atoms with E-state index in [1.165, 1.54) is 32.1 Å². The third kappa shape index (κ3) is 7.60. The second-order valence-corrected chi connectivity index (χ2v) is 7.37. The first kappa shape index (κ1) is 22.5. The SMILES string of the molecule is CCCCCCCCOc1ccc(C(=O)NNC(=O)c2cc(C)ccc2C)cc1. The van der Waals surface area contributed by atoms with Crippen molar-refractivity contribution in [3.8, 4) is 5.75 Å². The molecule has 0 unspecified atom stereocenters. The summed E-state index contributed by atoms with van der Waals surface area (Å²) < 4.78 is 5.73. The quantitative estimate of drug-likeness (QED) is 0.433. The van der Waals surface area contributed by atoms with Gasteiger partial charge in [-0.3, -0.25) is 20.4 Å². The lowest BCUT2D eigenvalue weighted by Gasteiger charge is -2.10. The maximum absolute atomic E-state index is 12.3. The Morgan fingerprint density at radius 2 is 1.48 bits per heavy atom. The Bertz CT molecular complexity index is 800. The summed E-state index contributed by atoms with van der Waals surface area (Å²) in [6, 6.07) is 12.6. The van der Waals surface area contributed by atoms with Crippen LogP contribution in [0.3, 0.4) is 0 Å². The summed E-state index contributed by atoms with van der Waals surface area (Å²) >= 11 is 0. The minimum Gasteiger partial charge on any atom is -0.494 e. The van der Waals surface area contributed by atoms with Gasteiger partial charge in [0, 0.05) is 11.1 Å². The molecule has 5 heteroatoms. The zero-order valence-electron chi connectivity index (χ0n) is 17.7. The first-order chi connectivity index (χ1) is 14.0. The van der Waals surface area contributed by atoms with E-state index in [4.69, 9.17) is 4.74 Å². The number of unbranched alkanes of at least 4 members (excludes halogenated alkanes) is 5. The fourth-order valence-electron chi connectivity index (χ4n) is 3.01. The van der Waals surface area contributed by atoms with E-state index in [1.54, 1.807) is 30.3 Å². The maximum Gasteiger partial charge on any atom is 0.269 e. The number of carbonyl (C=O) groups excluding carboxylic acids is 2. The van der Waals surface area contributed by atoms with E-state index in [0.29, 0.717) is 17.7 Å². The topological polar surface area (TPSA) is 67.4 Å². The van der Waals surface area contributed by atoms with Gasteiger partial charge in [-0.15, -0.1) is 0 Å². The molecule has 0 aliphatic rings. The van der Waals surface area contributed by atoms with Crippen LogP contribution in [0.5, 0.6) is 5.75 Å². The average molecular weight is 397 g/mol. The number of hydrogen-bond acceptors (Lipinski definition) is 3. The number of amides is 2. The second kappa shape index (κ2) is 11.9. The smallest absolute Gasteiger partial charge is 0.269 e. The molecule has 0 aromatic heterocycles. The summed E-state index contributed by atoms with van der Waals surface area (Å²) in [6.45, 7) is 6.68. The number of carbonyl (C=O) groups is 2. The number of ether oxygens (including phenoxy) is 1. The molecule has 0 saturated heterocycles. The molecule has 0 aliphatic heterocycles. The summed E-state index contributed by atoms with van der Waals surface area (Å²) in [6.07, 6.45) is 7.32. The summed E-state index contributed by atoms with van der Waals surface area (Å²) in [4.78, 5) is 24.6. The van der Waals surface area contributed by atoms with E-state index in [2.05, 4.69) is 17.8 Å². The molecule has 0 atom stereocenters. The highest BCUT2D eigenvalue weighted by molar-refractivity contribution is 5.99. The molecular formula is C24H32N2O3. The molecule has 5 nitrogen and oxygen atoms in total. The van der Waals surface area contributed by atoms with Crippen molar-refractivity contribution >= 4 is 11.8 Å². The molecule has 0 spiro atoms. The van der Waals surface area contributed by atoms with Gasteiger partial charge in [0.05, 0.1) is 6.61 Å². The fourth-order valence-corrected chi connectivity index (χ4v) is 3.01. The van der Waals surface area contributed by atoms with Crippen LogP contribution in [0, 0.1) is 13.8 Å². The lowest BCUT2D eigenvalue weighted by atomic mass is 10.1. The van der Waals surface area contributed by atoms with Gasteiger partial charge >= 0.3 is 0 Å². The van der Waals surface area contributed by atoms with Crippen molar-refractivity contribution < 1.29 is 14.3 Å². The van der Waals surface area contributed by atoms with Crippen LogP contribution in [-0.2, 0) is 0 Å². The lowest BCUT2D eigenvalue weighted by Crippen LogP contribution is -2.41. The standard InChI is InChI=1S/C24H32N2O3/c1-4-5-6-7-8-9-16-29-21-14-12-20(13-15-21)23(27)25-26-24(28)22-17-18(2)10-11-19(22)3/h10-15,17H,4-9,16H2,1-3H3,(H,25,27)(H,26,28). The van der Waals surface area contributed by atoms with Gasteiger partial charge < -0.3 is 4.74 Å². The fraction of sp³-hybridized carbons (Fsp3) is 0.417. The lowest BCUT2D eigenvalue weighted by molar-refractivity contribution is 0.0846. The second-order valence-electron chi connectivity index (χ2n) is 7.37. The zero-order valence-corrected chi connectivity index (χ0v) is 17.7. The van der Waals surface area contributed by atoms with Crippen molar-refractivity contribution in [2.75, 3.05) is 6.61 Å². The van der Waals surface area contributed by atoms with Crippen molar-refractivity contribution in [2.24, 2.45) is 0 Å². The molecule has 2 aromatic carbocycles. The van der Waals surface area contributed by atoms with E-state index in [1.807, 2.05) is 26.0 Å². The van der Waals surface area contributed by atoms with Crippen LogP contribution in [0.1, 0.15) is 77.3 Å². The minimum atomic E-state index is -0.369. The molecule has 2 amide bonds. The Kier molecular flexibility index (Phi) is 9.22. The van der Waals surface area contributed by atoms with Crippen molar-refractivity contribution in [3.05, 3.63) is 64.7 Å². The van der Waals surface area contributed by atoms with E-state index in [9.17, 15) is 9.59 Å². The summed E-state index contributed by atoms with van der Waals surface area (Å²) in [5.74, 6) is 0.0408. The first-order valence-corrected chi connectivity index (χ1v) is 10.4. The summed E-state index contributed by atoms with van der Waals surface area (Å²) in [7, 11) is 0. The Morgan fingerprint density at radius 3 is 2.21 bits per heavy atom. The van der Waals surface area contributed by atoms with E-state index < -0.39 is 0 Å². The van der Waals surface area contributed by atoms with Gasteiger partial charge in [-0.2, -0.15) is 0 Å². The number of hydrogen-bond donors (Lipinski definition) is 2. The van der Waals surface area contributed by atoms with Crippen LogP contribution in [0.25, 0.3) is 0 Å². The van der Waals surface area contributed by atoms with Crippen LogP contribution in [0.2, 0.25) is 0 Å². The summed E-state index contributed by atoms with van der Waals surface area (Å²) in [5, 5.41) is 0. The van der Waals surface area contributed by atoms with Gasteiger partial charge in [0.15, 0.2) is 0 Å². The van der Waals surface area contributed by atoms with Crippen molar-refractivity contribution in [1.29, 1.82) is 0 Å². The van der Waals surface area contributed by atoms with Crippen LogP contribution >= 0.6 is 0 Å². The van der Waals surface area contributed by atoms with Gasteiger partial charge in [-0.05, 0) is 56.2 Å². The Balaban J connectivity index is 1.75. The van der Waals surface area contributed by atoms with Gasteiger partial charge in [-0.1, -0.05) is 56.7 Å². The molecule has 2 N–H and O–H groups in total. The molecule has 2 aromatic rings. The van der Waals surface area contributed by atoms with Crippen LogP contribution in [-0.4, -0.2) is 18.4 Å². The third-order valence-corrected chi connectivity index (χ3v) is 4.81. The van der Waals surface area contributed by atoms with Gasteiger partial charge in [-0.25, -0.2) is 0 Å². The number of hydrazine groups is 1. The minimum absolute atomic E-state index is 0.335. The average Bonchev–Trinajstić information content (AvgIpc) is 2.73. The van der Waals surface area contributed by atoms with Gasteiger partial charge in [0.1, 0.15) is 5.75 Å². The van der Waals surface area contributed by atoms with Crippen LogP contribution in [0.15, 0.2) is 42.5 Å². The largest absolute Gasteiger partial charge is 0.494 e. The third-order valence-electron chi connectivity index (χ3n) is 4.81. The van der Waals surface area contributed by atoms with Gasteiger partial charge in [0.25, 0.3) is 11.8 Å². The highest BCUT2D eigenvalue weighted by Crippen LogP contribution is 2.14. The zero-order chi connectivity index (χ0) is 21.1. The molecule has 156 valence electrons. The Hall–Kier alpha value is -2.82. The van der Waals surface area contributed by atoms with Crippen LogP contribution < -0.4 is 15.6 Å². The Labute approximate surface area is 173 Å². The van der Waals surface area contributed by atoms with E-state index >= 15 is 0 Å². The molecule has 0 saturated carbocycles. The molecule has 29 heavy (non-hydrogen) atoms. The molecular weight excluding hydrogens is 364 g/mol. The normalized spacial score (nSPS) is 10.4. The van der Waals surface area contributed by atoms with Crippen molar-refractivity contribution in [3.63, 3.8) is 0 Å². The molecule has 0 heterocycles. The number of benzene rings is 2. The first-order valence-electron chi connectivity index (χ1n) is 10.4. The predicted octanol–water partition coefficient (Wildman–Crippen LogP) is 5.12. The number of rotatable bonds is 10. The predicted molar refractivity (Wildman–Crippen MR) is 116 cm³/mol. The van der Waals surface area contributed by atoms with E-state index in [-0.39, 0.29) is 11.8 Å². The molecule has 0 radical (unpaired) electrons. The van der Waals surface area contributed by atoms with E-state index in [0.717, 1.165) is 23.3 Å². The highest BCUT2D eigenvalue weighted by atomic mass is 16.5. The summed E-state index contributed by atoms with van der Waals surface area (Å²) in [5.41, 5.74) is 7.78. The molecule has 0 fully saturated rings. The Morgan fingerprint density at radius 1 is 0.828 bits per heavy atom. The monoisotopic (exact) mass is 396 g/mol. The molecule has 0 aliphatic carbocycles. The van der Waals surface area contributed by atoms with Gasteiger partial charge in [0.2, 0.25) is 0 Å². The molecule has 2 rings (SSSR count). The highest BCUT2D eigenvalue weighted by Gasteiger charge is 2.11. The maximum atomic E-state index is 12.3. The number of nitrogens with one attached hydrogen (secondary N) is 2. The van der Waals surface area contributed by atoms with Crippen LogP contribution in [0.4, 0.5) is 0 Å². The van der Waals surface area contributed by atoms with Crippen molar-refractivity contribution in [1.82, 2.24) is 10.9 Å². The van der Waals surface area contributed by atoms with Crippen molar-refractivity contribution in [2.45, 2.75) is 59.3 Å². The number of aryl methyl sites for hydroxylation is 2. The molecule has 0 bridgehead atoms.